The number of carbonyl (C=O) groups is 1. The summed E-state index contributed by atoms with van der Waals surface area (Å²) in [6.45, 7) is 0. The van der Waals surface area contributed by atoms with Gasteiger partial charge in [-0.3, -0.25) is 9.89 Å². The fraction of sp³-hybridized carbons (Fsp3) is 0.333. The predicted molar refractivity (Wildman–Crippen MR) is 60.4 cm³/mol. The summed E-state index contributed by atoms with van der Waals surface area (Å²) in [5, 5.41) is 9.42. The first-order chi connectivity index (χ1) is 8.34. The van der Waals surface area contributed by atoms with Crippen LogP contribution >= 0.6 is 0 Å². The van der Waals surface area contributed by atoms with E-state index in [4.69, 9.17) is 4.42 Å². The monoisotopic (exact) mass is 231 g/mol. The van der Waals surface area contributed by atoms with Gasteiger partial charge >= 0.3 is 0 Å². The summed E-state index contributed by atoms with van der Waals surface area (Å²) < 4.78 is 5.39. The minimum atomic E-state index is -0.124. The lowest BCUT2D eigenvalue weighted by molar-refractivity contribution is 0.0927. The molecular formula is C12H13N3O2. The quantitative estimate of drug-likeness (QED) is 0.828. The molecule has 1 unspecified atom stereocenters. The first kappa shape index (κ1) is 10.1. The van der Waals surface area contributed by atoms with Crippen molar-refractivity contribution in [1.29, 1.82) is 0 Å². The summed E-state index contributed by atoms with van der Waals surface area (Å²) >= 11 is 0. The Morgan fingerprint density at radius 3 is 3.29 bits per heavy atom. The van der Waals surface area contributed by atoms with E-state index in [0.29, 0.717) is 5.69 Å². The molecule has 2 aromatic rings. The highest BCUT2D eigenvalue weighted by Gasteiger charge is 2.24. The van der Waals surface area contributed by atoms with Gasteiger partial charge in [0, 0.05) is 18.2 Å². The van der Waals surface area contributed by atoms with Gasteiger partial charge in [-0.05, 0) is 25.0 Å². The van der Waals surface area contributed by atoms with Gasteiger partial charge in [0.25, 0.3) is 5.91 Å². The van der Waals surface area contributed by atoms with Crippen LogP contribution in [0.2, 0.25) is 0 Å². The van der Waals surface area contributed by atoms with Crippen LogP contribution in [0.15, 0.2) is 29.0 Å². The summed E-state index contributed by atoms with van der Waals surface area (Å²) in [6.07, 6.45) is 6.20. The molecule has 1 amide bonds. The van der Waals surface area contributed by atoms with Gasteiger partial charge in [0.1, 0.15) is 11.5 Å². The second kappa shape index (κ2) is 4.08. The molecule has 0 aromatic carbocycles. The van der Waals surface area contributed by atoms with Crippen molar-refractivity contribution in [2.75, 3.05) is 0 Å². The van der Waals surface area contributed by atoms with Crippen LogP contribution in [0.25, 0.3) is 0 Å². The van der Waals surface area contributed by atoms with Crippen LogP contribution in [-0.2, 0) is 6.42 Å². The van der Waals surface area contributed by atoms with Crippen molar-refractivity contribution in [3.8, 4) is 0 Å². The molecule has 0 aliphatic heterocycles. The van der Waals surface area contributed by atoms with E-state index in [2.05, 4.69) is 15.5 Å². The maximum atomic E-state index is 11.9. The molecule has 0 bridgehead atoms. The molecule has 1 aliphatic rings. The highest BCUT2D eigenvalue weighted by molar-refractivity contribution is 5.92. The van der Waals surface area contributed by atoms with E-state index in [9.17, 15) is 4.79 Å². The van der Waals surface area contributed by atoms with Crippen LogP contribution in [0.4, 0.5) is 0 Å². The Morgan fingerprint density at radius 2 is 2.47 bits per heavy atom. The lowest BCUT2D eigenvalue weighted by Gasteiger charge is -2.22. The highest BCUT2D eigenvalue weighted by Crippen LogP contribution is 2.30. The van der Waals surface area contributed by atoms with Gasteiger partial charge in [-0.15, -0.1) is 0 Å². The molecule has 3 rings (SSSR count). The molecule has 17 heavy (non-hydrogen) atoms. The number of H-pyrrole nitrogens is 1. The predicted octanol–water partition coefficient (Wildman–Crippen LogP) is 1.81. The van der Waals surface area contributed by atoms with Crippen LogP contribution in [0.3, 0.4) is 0 Å². The van der Waals surface area contributed by atoms with Crippen LogP contribution in [0.5, 0.6) is 0 Å². The zero-order valence-electron chi connectivity index (χ0n) is 9.27. The first-order valence-electron chi connectivity index (χ1n) is 5.71. The summed E-state index contributed by atoms with van der Waals surface area (Å²) in [5.41, 5.74) is 1.59. The number of amides is 1. The molecule has 0 saturated carbocycles. The number of hydrogen-bond acceptors (Lipinski definition) is 3. The third kappa shape index (κ3) is 1.84. The number of nitrogens with zero attached hydrogens (tertiary/aromatic N) is 1. The van der Waals surface area contributed by atoms with Crippen molar-refractivity contribution >= 4 is 5.91 Å². The van der Waals surface area contributed by atoms with Crippen molar-refractivity contribution in [3.05, 3.63) is 41.6 Å². The van der Waals surface area contributed by atoms with Gasteiger partial charge in [-0.25, -0.2) is 0 Å². The number of carbonyl (C=O) groups excluding carboxylic acids is 1. The molecule has 0 fully saturated rings. The number of aromatic amines is 1. The van der Waals surface area contributed by atoms with Crippen molar-refractivity contribution in [2.24, 2.45) is 0 Å². The van der Waals surface area contributed by atoms with Crippen molar-refractivity contribution in [2.45, 2.75) is 25.3 Å². The summed E-state index contributed by atoms with van der Waals surface area (Å²) in [5.74, 6) is 0.868. The Morgan fingerprint density at radius 1 is 1.53 bits per heavy atom. The third-order valence-electron chi connectivity index (χ3n) is 3.10. The number of furan rings is 1. The second-order valence-corrected chi connectivity index (χ2v) is 4.19. The van der Waals surface area contributed by atoms with Crippen LogP contribution < -0.4 is 5.32 Å². The summed E-state index contributed by atoms with van der Waals surface area (Å²) in [4.78, 5) is 11.9. The van der Waals surface area contributed by atoms with Gasteiger partial charge < -0.3 is 9.73 Å². The number of rotatable bonds is 2. The fourth-order valence-electron chi connectivity index (χ4n) is 2.25. The maximum Gasteiger partial charge on any atom is 0.269 e. The van der Waals surface area contributed by atoms with Crippen molar-refractivity contribution in [3.63, 3.8) is 0 Å². The molecule has 1 atom stereocenters. The minimum Gasteiger partial charge on any atom is -0.469 e. The second-order valence-electron chi connectivity index (χ2n) is 4.19. The van der Waals surface area contributed by atoms with Crippen LogP contribution in [0.1, 0.15) is 40.7 Å². The Balaban J connectivity index is 1.77. The summed E-state index contributed by atoms with van der Waals surface area (Å²) in [7, 11) is 0. The average Bonchev–Trinajstić information content (AvgIpc) is 3.00. The normalized spacial score (nSPS) is 18.7. The van der Waals surface area contributed by atoms with Crippen molar-refractivity contribution < 1.29 is 9.21 Å². The van der Waals surface area contributed by atoms with Gasteiger partial charge in [0.05, 0.1) is 12.3 Å². The maximum absolute atomic E-state index is 11.9. The highest BCUT2D eigenvalue weighted by atomic mass is 16.3. The molecule has 2 heterocycles. The van der Waals surface area contributed by atoms with Gasteiger partial charge in [0.2, 0.25) is 0 Å². The van der Waals surface area contributed by atoms with E-state index < -0.39 is 0 Å². The molecule has 2 N–H and O–H groups in total. The van der Waals surface area contributed by atoms with Crippen LogP contribution in [-0.4, -0.2) is 16.1 Å². The molecule has 0 spiro atoms. The van der Waals surface area contributed by atoms with E-state index in [0.717, 1.165) is 30.6 Å². The molecule has 5 nitrogen and oxygen atoms in total. The minimum absolute atomic E-state index is 0.0494. The first-order valence-corrected chi connectivity index (χ1v) is 5.71. The van der Waals surface area contributed by atoms with E-state index in [1.807, 2.05) is 6.07 Å². The lowest BCUT2D eigenvalue weighted by Crippen LogP contribution is -2.30. The lowest BCUT2D eigenvalue weighted by atomic mass is 9.93. The van der Waals surface area contributed by atoms with Crippen LogP contribution in [0, 0.1) is 0 Å². The Kier molecular flexibility index (Phi) is 2.44. The molecule has 88 valence electrons. The van der Waals surface area contributed by atoms with E-state index >= 15 is 0 Å². The Hall–Kier alpha value is -2.04. The van der Waals surface area contributed by atoms with E-state index in [1.165, 1.54) is 0 Å². The summed E-state index contributed by atoms with van der Waals surface area (Å²) in [6, 6.07) is 3.65. The number of nitrogens with one attached hydrogen (secondary N) is 2. The average molecular weight is 231 g/mol. The van der Waals surface area contributed by atoms with Gasteiger partial charge in [0.15, 0.2) is 0 Å². The Labute approximate surface area is 98.2 Å². The zero-order chi connectivity index (χ0) is 11.7. The Bertz CT molecular complexity index is 516. The smallest absolute Gasteiger partial charge is 0.269 e. The standard InChI is InChI=1S/C12H13N3O2/c16-12(10-4-6-13-15-10)14-9-2-1-3-11-8(9)5-7-17-11/h4-7,9H,1-3H2,(H,13,15)(H,14,16). The van der Waals surface area contributed by atoms with Gasteiger partial charge in [-0.2, -0.15) is 5.10 Å². The molecule has 1 aliphatic carbocycles. The number of aryl methyl sites for hydroxylation is 1. The molecule has 2 aromatic heterocycles. The van der Waals surface area contributed by atoms with Gasteiger partial charge in [-0.1, -0.05) is 0 Å². The number of hydrogen-bond donors (Lipinski definition) is 2. The fourth-order valence-corrected chi connectivity index (χ4v) is 2.25. The molecule has 0 radical (unpaired) electrons. The number of aromatic nitrogens is 2. The van der Waals surface area contributed by atoms with E-state index in [-0.39, 0.29) is 11.9 Å². The molecule has 5 heteroatoms. The number of fused-ring (bicyclic) bond motifs is 1. The molecular weight excluding hydrogens is 218 g/mol. The largest absolute Gasteiger partial charge is 0.469 e. The van der Waals surface area contributed by atoms with E-state index in [1.54, 1.807) is 18.5 Å². The zero-order valence-corrected chi connectivity index (χ0v) is 9.27. The van der Waals surface area contributed by atoms with Crippen molar-refractivity contribution in [1.82, 2.24) is 15.5 Å². The third-order valence-corrected chi connectivity index (χ3v) is 3.10. The molecule has 0 saturated heterocycles. The SMILES string of the molecule is O=C(NC1CCCc2occc21)c1ccn[nH]1. The topological polar surface area (TPSA) is 70.9 Å².